The van der Waals surface area contributed by atoms with E-state index in [4.69, 9.17) is 9.47 Å². The molecular formula is C14H20BrNO3. The first-order chi connectivity index (χ1) is 9.05. The van der Waals surface area contributed by atoms with Crippen molar-refractivity contribution in [3.8, 4) is 5.75 Å². The Kier molecular flexibility index (Phi) is 6.31. The standard InChI is InChI=1S/C14H20BrNO3/c1-4-14(2,18-3)13(17)16-11-5-7-12(8-6-11)19-10-9-15/h5-8H,4,9-10H2,1-3H3,(H,16,17)/t14-/m0/s1. The fraction of sp³-hybridized carbons (Fsp3) is 0.500. The van der Waals surface area contributed by atoms with Crippen molar-refractivity contribution < 1.29 is 14.3 Å². The normalized spacial score (nSPS) is 13.7. The van der Waals surface area contributed by atoms with E-state index < -0.39 is 5.60 Å². The summed E-state index contributed by atoms with van der Waals surface area (Å²) >= 11 is 3.30. The molecule has 0 aliphatic carbocycles. The molecule has 0 saturated carbocycles. The van der Waals surface area contributed by atoms with Crippen molar-refractivity contribution in [3.05, 3.63) is 24.3 Å². The second-order valence-corrected chi connectivity index (χ2v) is 5.10. The van der Waals surface area contributed by atoms with E-state index in [0.717, 1.165) is 16.8 Å². The van der Waals surface area contributed by atoms with Gasteiger partial charge in [-0.1, -0.05) is 22.9 Å². The van der Waals surface area contributed by atoms with Crippen LogP contribution in [0.15, 0.2) is 24.3 Å². The highest BCUT2D eigenvalue weighted by molar-refractivity contribution is 9.09. The molecule has 0 aliphatic rings. The van der Waals surface area contributed by atoms with Crippen LogP contribution in [0.2, 0.25) is 0 Å². The lowest BCUT2D eigenvalue weighted by molar-refractivity contribution is -0.136. The van der Waals surface area contributed by atoms with E-state index in [1.807, 2.05) is 31.2 Å². The lowest BCUT2D eigenvalue weighted by atomic mass is 10.0. The molecule has 0 radical (unpaired) electrons. The lowest BCUT2D eigenvalue weighted by Gasteiger charge is -2.25. The molecule has 0 saturated heterocycles. The van der Waals surface area contributed by atoms with Gasteiger partial charge in [-0.25, -0.2) is 0 Å². The van der Waals surface area contributed by atoms with Crippen LogP contribution in [-0.2, 0) is 9.53 Å². The first kappa shape index (κ1) is 16.0. The summed E-state index contributed by atoms with van der Waals surface area (Å²) in [6, 6.07) is 7.28. The molecule has 1 N–H and O–H groups in total. The van der Waals surface area contributed by atoms with Crippen LogP contribution < -0.4 is 10.1 Å². The minimum absolute atomic E-state index is 0.147. The van der Waals surface area contributed by atoms with Gasteiger partial charge in [-0.15, -0.1) is 0 Å². The molecule has 0 unspecified atom stereocenters. The third-order valence-electron chi connectivity index (χ3n) is 3.06. The van der Waals surface area contributed by atoms with Crippen LogP contribution in [0.4, 0.5) is 5.69 Å². The minimum Gasteiger partial charge on any atom is -0.493 e. The van der Waals surface area contributed by atoms with Crippen molar-refractivity contribution in [2.75, 3.05) is 24.4 Å². The van der Waals surface area contributed by atoms with Crippen molar-refractivity contribution >= 4 is 27.5 Å². The van der Waals surface area contributed by atoms with Crippen LogP contribution in [0.1, 0.15) is 20.3 Å². The van der Waals surface area contributed by atoms with Gasteiger partial charge in [-0.2, -0.15) is 0 Å². The molecule has 19 heavy (non-hydrogen) atoms. The Hall–Kier alpha value is -1.07. The molecule has 1 amide bonds. The zero-order valence-electron chi connectivity index (χ0n) is 11.5. The monoisotopic (exact) mass is 329 g/mol. The second-order valence-electron chi connectivity index (χ2n) is 4.30. The van der Waals surface area contributed by atoms with Gasteiger partial charge in [0.25, 0.3) is 5.91 Å². The minimum atomic E-state index is -0.800. The molecule has 0 heterocycles. The van der Waals surface area contributed by atoms with Gasteiger partial charge in [0.15, 0.2) is 0 Å². The average Bonchev–Trinajstić information content (AvgIpc) is 2.45. The van der Waals surface area contributed by atoms with Crippen LogP contribution in [0.25, 0.3) is 0 Å². The van der Waals surface area contributed by atoms with Crippen LogP contribution in [0.3, 0.4) is 0 Å². The highest BCUT2D eigenvalue weighted by Crippen LogP contribution is 2.20. The zero-order chi connectivity index (χ0) is 14.3. The molecule has 0 bridgehead atoms. The number of halogens is 1. The summed E-state index contributed by atoms with van der Waals surface area (Å²) in [5.74, 6) is 0.633. The topological polar surface area (TPSA) is 47.6 Å². The number of amides is 1. The Morgan fingerprint density at radius 2 is 2.00 bits per heavy atom. The van der Waals surface area contributed by atoms with Crippen LogP contribution in [-0.4, -0.2) is 30.6 Å². The van der Waals surface area contributed by atoms with E-state index in [9.17, 15) is 4.79 Å². The summed E-state index contributed by atoms with van der Waals surface area (Å²) in [5, 5.41) is 3.62. The van der Waals surface area contributed by atoms with Gasteiger partial charge in [-0.3, -0.25) is 4.79 Å². The Labute approximate surface area is 122 Å². The molecule has 106 valence electrons. The molecule has 0 fully saturated rings. The zero-order valence-corrected chi connectivity index (χ0v) is 13.1. The van der Waals surface area contributed by atoms with Crippen LogP contribution >= 0.6 is 15.9 Å². The predicted molar refractivity (Wildman–Crippen MR) is 80.1 cm³/mol. The van der Waals surface area contributed by atoms with Crippen molar-refractivity contribution in [2.45, 2.75) is 25.9 Å². The summed E-state index contributed by atoms with van der Waals surface area (Å²) < 4.78 is 10.7. The van der Waals surface area contributed by atoms with Crippen molar-refractivity contribution in [1.82, 2.24) is 0 Å². The predicted octanol–water partition coefficient (Wildman–Crippen LogP) is 3.21. The van der Waals surface area contributed by atoms with E-state index >= 15 is 0 Å². The molecule has 1 rings (SSSR count). The van der Waals surface area contributed by atoms with E-state index in [2.05, 4.69) is 21.2 Å². The van der Waals surface area contributed by atoms with Gasteiger partial charge in [0.1, 0.15) is 11.4 Å². The number of anilines is 1. The molecule has 5 heteroatoms. The second kappa shape index (κ2) is 7.50. The fourth-order valence-electron chi connectivity index (χ4n) is 1.45. The van der Waals surface area contributed by atoms with Crippen LogP contribution in [0.5, 0.6) is 5.75 Å². The van der Waals surface area contributed by atoms with Gasteiger partial charge in [-0.05, 0) is 37.6 Å². The molecule has 4 nitrogen and oxygen atoms in total. The third kappa shape index (κ3) is 4.51. The molecule has 1 aromatic rings. The maximum atomic E-state index is 12.1. The SMILES string of the molecule is CC[C@](C)(OC)C(=O)Nc1ccc(OCCBr)cc1. The number of carbonyl (C=O) groups excluding carboxylic acids is 1. The highest BCUT2D eigenvalue weighted by Gasteiger charge is 2.30. The third-order valence-corrected chi connectivity index (χ3v) is 3.39. The number of hydrogen-bond acceptors (Lipinski definition) is 3. The average molecular weight is 330 g/mol. The number of rotatable bonds is 7. The summed E-state index contributed by atoms with van der Waals surface area (Å²) in [6.45, 7) is 4.30. The first-order valence-electron chi connectivity index (χ1n) is 6.21. The summed E-state index contributed by atoms with van der Waals surface area (Å²) in [6.07, 6.45) is 0.613. The Bertz CT molecular complexity index is 402. The van der Waals surface area contributed by atoms with E-state index in [-0.39, 0.29) is 5.91 Å². The number of methoxy groups -OCH3 is 1. The molecule has 0 spiro atoms. The number of benzene rings is 1. The van der Waals surface area contributed by atoms with Crippen molar-refractivity contribution in [2.24, 2.45) is 0 Å². The van der Waals surface area contributed by atoms with Crippen LogP contribution in [0, 0.1) is 0 Å². The summed E-state index contributed by atoms with van der Waals surface area (Å²) in [4.78, 5) is 12.1. The van der Waals surface area contributed by atoms with E-state index in [0.29, 0.717) is 13.0 Å². The molecule has 0 aliphatic heterocycles. The number of hydrogen-bond donors (Lipinski definition) is 1. The smallest absolute Gasteiger partial charge is 0.256 e. The quantitative estimate of drug-likeness (QED) is 0.781. The highest BCUT2D eigenvalue weighted by atomic mass is 79.9. The molecule has 1 aromatic carbocycles. The Balaban J connectivity index is 2.65. The number of carbonyl (C=O) groups is 1. The lowest BCUT2D eigenvalue weighted by Crippen LogP contribution is -2.41. The Morgan fingerprint density at radius 1 is 1.37 bits per heavy atom. The largest absolute Gasteiger partial charge is 0.493 e. The number of nitrogens with one attached hydrogen (secondary N) is 1. The van der Waals surface area contributed by atoms with Gasteiger partial charge in [0.05, 0.1) is 6.61 Å². The van der Waals surface area contributed by atoms with Gasteiger partial charge < -0.3 is 14.8 Å². The van der Waals surface area contributed by atoms with Crippen molar-refractivity contribution in [1.29, 1.82) is 0 Å². The maximum Gasteiger partial charge on any atom is 0.256 e. The number of ether oxygens (including phenoxy) is 2. The summed E-state index contributed by atoms with van der Waals surface area (Å²) in [7, 11) is 1.54. The van der Waals surface area contributed by atoms with Gasteiger partial charge >= 0.3 is 0 Å². The van der Waals surface area contributed by atoms with E-state index in [1.165, 1.54) is 0 Å². The van der Waals surface area contributed by atoms with E-state index in [1.54, 1.807) is 14.0 Å². The molecular weight excluding hydrogens is 310 g/mol. The molecule has 1 atom stereocenters. The fourth-order valence-corrected chi connectivity index (χ4v) is 1.61. The maximum absolute atomic E-state index is 12.1. The first-order valence-corrected chi connectivity index (χ1v) is 7.33. The van der Waals surface area contributed by atoms with Crippen molar-refractivity contribution in [3.63, 3.8) is 0 Å². The van der Waals surface area contributed by atoms with Gasteiger partial charge in [0.2, 0.25) is 0 Å². The molecule has 0 aromatic heterocycles. The Morgan fingerprint density at radius 3 is 2.47 bits per heavy atom. The summed E-state index contributed by atoms with van der Waals surface area (Å²) in [5.41, 5.74) is -0.0709. The number of alkyl halides is 1. The van der Waals surface area contributed by atoms with Gasteiger partial charge in [0, 0.05) is 18.1 Å².